The van der Waals surface area contributed by atoms with Crippen LogP contribution in [-0.2, 0) is 13.2 Å². The fourth-order valence-electron chi connectivity index (χ4n) is 2.14. The molecule has 0 saturated carbocycles. The van der Waals surface area contributed by atoms with Crippen molar-refractivity contribution < 1.29 is 4.74 Å². The predicted molar refractivity (Wildman–Crippen MR) is 84.0 cm³/mol. The molecule has 0 bridgehead atoms. The second kappa shape index (κ2) is 7.71. The Hall–Kier alpha value is -1.80. The van der Waals surface area contributed by atoms with Gasteiger partial charge in [0.05, 0.1) is 0 Å². The lowest BCUT2D eigenvalue weighted by Gasteiger charge is -2.13. The van der Waals surface area contributed by atoms with Crippen LogP contribution in [0.3, 0.4) is 0 Å². The third kappa shape index (κ3) is 4.10. The normalized spacial score (nSPS) is 10.5. The number of rotatable bonds is 7. The number of nitrogens with one attached hydrogen (secondary N) is 1. The quantitative estimate of drug-likeness (QED) is 0.765. The Morgan fingerprint density at radius 3 is 2.40 bits per heavy atom. The largest absolute Gasteiger partial charge is 0.489 e. The van der Waals surface area contributed by atoms with E-state index in [1.165, 1.54) is 16.7 Å². The van der Waals surface area contributed by atoms with E-state index in [0.29, 0.717) is 6.61 Å². The van der Waals surface area contributed by atoms with Gasteiger partial charge in [-0.05, 0) is 42.6 Å². The molecule has 0 heterocycles. The average Bonchev–Trinajstić information content (AvgIpc) is 2.48. The van der Waals surface area contributed by atoms with Crippen molar-refractivity contribution in [2.45, 2.75) is 33.4 Å². The van der Waals surface area contributed by atoms with Crippen molar-refractivity contribution in [1.82, 2.24) is 5.32 Å². The molecule has 0 atom stereocenters. The Balaban J connectivity index is 2.00. The topological polar surface area (TPSA) is 21.3 Å². The zero-order chi connectivity index (χ0) is 14.2. The first-order valence-corrected chi connectivity index (χ1v) is 7.27. The van der Waals surface area contributed by atoms with Crippen molar-refractivity contribution in [3.8, 4) is 5.75 Å². The zero-order valence-electron chi connectivity index (χ0n) is 12.4. The molecule has 0 amide bonds. The van der Waals surface area contributed by atoms with Crippen LogP contribution in [0.2, 0.25) is 0 Å². The van der Waals surface area contributed by atoms with E-state index in [4.69, 9.17) is 4.74 Å². The monoisotopic (exact) mass is 269 g/mol. The lowest BCUT2D eigenvalue weighted by Crippen LogP contribution is -2.15. The highest BCUT2D eigenvalue weighted by Crippen LogP contribution is 2.19. The Kier molecular flexibility index (Phi) is 5.63. The van der Waals surface area contributed by atoms with Crippen molar-refractivity contribution in [2.75, 3.05) is 6.54 Å². The molecule has 106 valence electrons. The highest BCUT2D eigenvalue weighted by Gasteiger charge is 2.03. The molecule has 0 aromatic heterocycles. The lowest BCUT2D eigenvalue weighted by molar-refractivity contribution is 0.302. The number of benzene rings is 2. The van der Waals surface area contributed by atoms with Crippen molar-refractivity contribution in [3.63, 3.8) is 0 Å². The van der Waals surface area contributed by atoms with Gasteiger partial charge in [0.1, 0.15) is 12.4 Å². The van der Waals surface area contributed by atoms with Crippen LogP contribution >= 0.6 is 0 Å². The minimum Gasteiger partial charge on any atom is -0.489 e. The molecule has 0 aliphatic carbocycles. The molecule has 2 nitrogen and oxygen atoms in total. The Morgan fingerprint density at radius 2 is 1.65 bits per heavy atom. The van der Waals surface area contributed by atoms with E-state index in [1.54, 1.807) is 0 Å². The van der Waals surface area contributed by atoms with E-state index in [9.17, 15) is 0 Å². The second-order valence-corrected chi connectivity index (χ2v) is 5.00. The molecule has 2 aromatic carbocycles. The van der Waals surface area contributed by atoms with Gasteiger partial charge in [-0.15, -0.1) is 0 Å². The van der Waals surface area contributed by atoms with Crippen LogP contribution in [0.1, 0.15) is 30.0 Å². The number of hydrogen-bond acceptors (Lipinski definition) is 2. The standard InChI is InChI=1S/C18H23NO/c1-3-12-19-13-16-9-5-6-10-17(16)14-20-18-11-7-4-8-15(18)2/h4-11,19H,3,12-14H2,1-2H3. The van der Waals surface area contributed by atoms with Gasteiger partial charge in [-0.3, -0.25) is 0 Å². The molecule has 2 rings (SSSR count). The number of ether oxygens (including phenoxy) is 1. The highest BCUT2D eigenvalue weighted by atomic mass is 16.5. The summed E-state index contributed by atoms with van der Waals surface area (Å²) < 4.78 is 5.94. The average molecular weight is 269 g/mol. The summed E-state index contributed by atoms with van der Waals surface area (Å²) in [5, 5.41) is 3.45. The molecular weight excluding hydrogens is 246 g/mol. The fraction of sp³-hybridized carbons (Fsp3) is 0.333. The predicted octanol–water partition coefficient (Wildman–Crippen LogP) is 4.07. The number of hydrogen-bond donors (Lipinski definition) is 1. The molecule has 0 fully saturated rings. The maximum atomic E-state index is 5.94. The van der Waals surface area contributed by atoms with Crippen LogP contribution in [0.4, 0.5) is 0 Å². The fourth-order valence-corrected chi connectivity index (χ4v) is 2.14. The van der Waals surface area contributed by atoms with Gasteiger partial charge >= 0.3 is 0 Å². The summed E-state index contributed by atoms with van der Waals surface area (Å²) in [7, 11) is 0. The van der Waals surface area contributed by atoms with E-state index in [1.807, 2.05) is 18.2 Å². The number of para-hydroxylation sites is 1. The summed E-state index contributed by atoms with van der Waals surface area (Å²) in [5.74, 6) is 0.962. The minimum absolute atomic E-state index is 0.620. The first-order valence-electron chi connectivity index (χ1n) is 7.27. The van der Waals surface area contributed by atoms with Gasteiger partial charge in [0.15, 0.2) is 0 Å². The molecular formula is C18H23NO. The first kappa shape index (κ1) is 14.6. The molecule has 1 N–H and O–H groups in total. The Labute approximate surface area is 121 Å². The van der Waals surface area contributed by atoms with Gasteiger partial charge in [0.2, 0.25) is 0 Å². The minimum atomic E-state index is 0.620. The third-order valence-corrected chi connectivity index (χ3v) is 3.34. The summed E-state index contributed by atoms with van der Waals surface area (Å²) in [5.41, 5.74) is 3.74. The molecule has 0 aliphatic heterocycles. The molecule has 0 unspecified atom stereocenters. The zero-order valence-corrected chi connectivity index (χ0v) is 12.4. The van der Waals surface area contributed by atoms with Crippen LogP contribution in [0, 0.1) is 6.92 Å². The first-order chi connectivity index (χ1) is 9.81. The molecule has 0 spiro atoms. The van der Waals surface area contributed by atoms with Crippen molar-refractivity contribution in [2.24, 2.45) is 0 Å². The molecule has 20 heavy (non-hydrogen) atoms. The van der Waals surface area contributed by atoms with Gasteiger partial charge in [0, 0.05) is 6.54 Å². The van der Waals surface area contributed by atoms with E-state index in [2.05, 4.69) is 49.5 Å². The lowest BCUT2D eigenvalue weighted by atomic mass is 10.1. The van der Waals surface area contributed by atoms with E-state index in [0.717, 1.165) is 25.3 Å². The van der Waals surface area contributed by atoms with Crippen molar-refractivity contribution >= 4 is 0 Å². The summed E-state index contributed by atoms with van der Waals surface area (Å²) in [4.78, 5) is 0. The van der Waals surface area contributed by atoms with Crippen molar-refractivity contribution in [3.05, 3.63) is 65.2 Å². The molecule has 0 saturated heterocycles. The Morgan fingerprint density at radius 1 is 0.950 bits per heavy atom. The van der Waals surface area contributed by atoms with Crippen LogP contribution in [0.25, 0.3) is 0 Å². The van der Waals surface area contributed by atoms with Gasteiger partial charge in [-0.25, -0.2) is 0 Å². The van der Waals surface area contributed by atoms with Crippen LogP contribution in [0.15, 0.2) is 48.5 Å². The molecule has 2 aromatic rings. The second-order valence-electron chi connectivity index (χ2n) is 5.00. The smallest absolute Gasteiger partial charge is 0.122 e. The summed E-state index contributed by atoms with van der Waals surface area (Å²) >= 11 is 0. The SMILES string of the molecule is CCCNCc1ccccc1COc1ccccc1C. The summed E-state index contributed by atoms with van der Waals surface area (Å²) in [6.07, 6.45) is 1.15. The maximum absolute atomic E-state index is 5.94. The van der Waals surface area contributed by atoms with E-state index < -0.39 is 0 Å². The van der Waals surface area contributed by atoms with E-state index >= 15 is 0 Å². The Bertz CT molecular complexity index is 536. The van der Waals surface area contributed by atoms with Crippen LogP contribution < -0.4 is 10.1 Å². The summed E-state index contributed by atoms with van der Waals surface area (Å²) in [6, 6.07) is 16.6. The van der Waals surface area contributed by atoms with Gasteiger partial charge in [-0.2, -0.15) is 0 Å². The van der Waals surface area contributed by atoms with Crippen molar-refractivity contribution in [1.29, 1.82) is 0 Å². The molecule has 2 heteroatoms. The number of aryl methyl sites for hydroxylation is 1. The highest BCUT2D eigenvalue weighted by molar-refractivity contribution is 5.33. The third-order valence-electron chi connectivity index (χ3n) is 3.34. The van der Waals surface area contributed by atoms with Crippen LogP contribution in [-0.4, -0.2) is 6.54 Å². The van der Waals surface area contributed by atoms with Gasteiger partial charge in [0.25, 0.3) is 0 Å². The van der Waals surface area contributed by atoms with E-state index in [-0.39, 0.29) is 0 Å². The molecule has 0 aliphatic rings. The van der Waals surface area contributed by atoms with Gasteiger partial charge in [-0.1, -0.05) is 49.4 Å². The van der Waals surface area contributed by atoms with Gasteiger partial charge < -0.3 is 10.1 Å². The molecule has 0 radical (unpaired) electrons. The maximum Gasteiger partial charge on any atom is 0.122 e. The summed E-state index contributed by atoms with van der Waals surface area (Å²) in [6.45, 7) is 6.83. The van der Waals surface area contributed by atoms with Crippen LogP contribution in [0.5, 0.6) is 5.75 Å².